The summed E-state index contributed by atoms with van der Waals surface area (Å²) in [6.07, 6.45) is 4.62. The quantitative estimate of drug-likeness (QED) is 0.757. The zero-order chi connectivity index (χ0) is 12.1. The molecule has 0 spiro atoms. The van der Waals surface area contributed by atoms with E-state index in [-0.39, 0.29) is 6.10 Å². The lowest BCUT2D eigenvalue weighted by atomic mass is 9.79. The zero-order valence-electron chi connectivity index (χ0n) is 11.4. The van der Waals surface area contributed by atoms with E-state index in [1.807, 2.05) is 0 Å². The summed E-state index contributed by atoms with van der Waals surface area (Å²) < 4.78 is 0. The van der Waals surface area contributed by atoms with Crippen molar-refractivity contribution in [3.05, 3.63) is 0 Å². The Balaban J connectivity index is 2.18. The molecule has 0 aromatic heterocycles. The smallest absolute Gasteiger partial charge is 0.0667 e. The van der Waals surface area contributed by atoms with E-state index >= 15 is 0 Å². The first-order chi connectivity index (χ1) is 7.49. The SMILES string of the molecule is CC(C)CC(O)CNC1CCC(C)C(C)C1. The molecule has 0 saturated heterocycles. The van der Waals surface area contributed by atoms with Crippen molar-refractivity contribution in [1.82, 2.24) is 5.32 Å². The van der Waals surface area contributed by atoms with Crippen molar-refractivity contribution < 1.29 is 5.11 Å². The van der Waals surface area contributed by atoms with E-state index in [0.29, 0.717) is 12.0 Å². The van der Waals surface area contributed by atoms with Gasteiger partial charge in [-0.25, -0.2) is 0 Å². The number of aliphatic hydroxyl groups excluding tert-OH is 1. The predicted octanol–water partition coefficient (Wildman–Crippen LogP) is 2.81. The van der Waals surface area contributed by atoms with Crippen LogP contribution < -0.4 is 5.32 Å². The normalized spacial score (nSPS) is 33.0. The summed E-state index contributed by atoms with van der Waals surface area (Å²) in [6, 6.07) is 0.632. The monoisotopic (exact) mass is 227 g/mol. The average molecular weight is 227 g/mol. The van der Waals surface area contributed by atoms with Gasteiger partial charge < -0.3 is 10.4 Å². The van der Waals surface area contributed by atoms with E-state index in [1.165, 1.54) is 19.3 Å². The second-order valence-electron chi connectivity index (χ2n) is 6.16. The molecule has 0 aromatic rings. The number of hydrogen-bond donors (Lipinski definition) is 2. The van der Waals surface area contributed by atoms with Gasteiger partial charge in [0.2, 0.25) is 0 Å². The summed E-state index contributed by atoms with van der Waals surface area (Å²) in [6.45, 7) is 9.79. The van der Waals surface area contributed by atoms with E-state index in [0.717, 1.165) is 24.8 Å². The maximum Gasteiger partial charge on any atom is 0.0667 e. The molecule has 0 amide bonds. The number of nitrogens with one attached hydrogen (secondary N) is 1. The van der Waals surface area contributed by atoms with Crippen LogP contribution in [0.3, 0.4) is 0 Å². The number of rotatable bonds is 5. The topological polar surface area (TPSA) is 32.3 Å². The number of hydrogen-bond acceptors (Lipinski definition) is 2. The van der Waals surface area contributed by atoms with Gasteiger partial charge in [0.15, 0.2) is 0 Å². The van der Waals surface area contributed by atoms with E-state index in [9.17, 15) is 5.11 Å². The van der Waals surface area contributed by atoms with Crippen LogP contribution in [-0.2, 0) is 0 Å². The Hall–Kier alpha value is -0.0800. The molecule has 0 heterocycles. The minimum atomic E-state index is -0.172. The van der Waals surface area contributed by atoms with Crippen LogP contribution in [0.5, 0.6) is 0 Å². The third kappa shape index (κ3) is 4.84. The van der Waals surface area contributed by atoms with E-state index in [4.69, 9.17) is 0 Å². The van der Waals surface area contributed by atoms with Gasteiger partial charge in [-0.1, -0.05) is 27.7 Å². The minimum absolute atomic E-state index is 0.172. The van der Waals surface area contributed by atoms with Crippen LogP contribution in [0, 0.1) is 17.8 Å². The fourth-order valence-corrected chi connectivity index (χ4v) is 2.66. The molecule has 4 unspecified atom stereocenters. The van der Waals surface area contributed by atoms with Crippen molar-refractivity contribution in [2.75, 3.05) is 6.54 Å². The molecule has 0 aliphatic heterocycles. The average Bonchev–Trinajstić information content (AvgIpc) is 2.19. The lowest BCUT2D eigenvalue weighted by Gasteiger charge is -2.33. The summed E-state index contributed by atoms with van der Waals surface area (Å²) in [4.78, 5) is 0. The molecule has 96 valence electrons. The lowest BCUT2D eigenvalue weighted by Crippen LogP contribution is -2.40. The minimum Gasteiger partial charge on any atom is -0.392 e. The Kier molecular flexibility index (Phi) is 5.77. The molecular formula is C14H29NO. The molecule has 1 aliphatic carbocycles. The van der Waals surface area contributed by atoms with Crippen molar-refractivity contribution >= 4 is 0 Å². The first kappa shape index (κ1) is 14.0. The van der Waals surface area contributed by atoms with Gasteiger partial charge >= 0.3 is 0 Å². The molecule has 1 saturated carbocycles. The summed E-state index contributed by atoms with van der Waals surface area (Å²) >= 11 is 0. The molecule has 2 heteroatoms. The van der Waals surface area contributed by atoms with Crippen LogP contribution in [0.4, 0.5) is 0 Å². The lowest BCUT2D eigenvalue weighted by molar-refractivity contribution is 0.132. The van der Waals surface area contributed by atoms with Crippen LogP contribution in [0.25, 0.3) is 0 Å². The molecule has 1 aliphatic rings. The summed E-state index contributed by atoms with van der Waals surface area (Å²) in [5, 5.41) is 13.3. The first-order valence-electron chi connectivity index (χ1n) is 6.90. The molecule has 2 nitrogen and oxygen atoms in total. The Morgan fingerprint density at radius 3 is 2.44 bits per heavy atom. The summed E-state index contributed by atoms with van der Waals surface area (Å²) in [5.41, 5.74) is 0. The second-order valence-corrected chi connectivity index (χ2v) is 6.16. The van der Waals surface area contributed by atoms with Gasteiger partial charge in [-0.15, -0.1) is 0 Å². The van der Waals surface area contributed by atoms with E-state index in [1.54, 1.807) is 0 Å². The molecule has 2 N–H and O–H groups in total. The number of aliphatic hydroxyl groups is 1. The third-order valence-electron chi connectivity index (χ3n) is 3.98. The molecule has 1 rings (SSSR count). The van der Waals surface area contributed by atoms with Gasteiger partial charge in [-0.2, -0.15) is 0 Å². The van der Waals surface area contributed by atoms with Crippen LogP contribution in [0.15, 0.2) is 0 Å². The molecular weight excluding hydrogens is 198 g/mol. The van der Waals surface area contributed by atoms with Crippen LogP contribution >= 0.6 is 0 Å². The van der Waals surface area contributed by atoms with Crippen LogP contribution in [0.1, 0.15) is 53.4 Å². The summed E-state index contributed by atoms with van der Waals surface area (Å²) in [5.74, 6) is 2.29. The molecule has 4 atom stereocenters. The molecule has 16 heavy (non-hydrogen) atoms. The maximum absolute atomic E-state index is 9.81. The first-order valence-corrected chi connectivity index (χ1v) is 6.90. The Bertz CT molecular complexity index is 193. The predicted molar refractivity (Wildman–Crippen MR) is 69.4 cm³/mol. The summed E-state index contributed by atoms with van der Waals surface area (Å²) in [7, 11) is 0. The van der Waals surface area contributed by atoms with Gasteiger partial charge in [-0.3, -0.25) is 0 Å². The molecule has 0 bridgehead atoms. The highest BCUT2D eigenvalue weighted by Crippen LogP contribution is 2.29. The third-order valence-corrected chi connectivity index (χ3v) is 3.98. The highest BCUT2D eigenvalue weighted by atomic mass is 16.3. The van der Waals surface area contributed by atoms with Crippen molar-refractivity contribution in [2.45, 2.75) is 65.5 Å². The standard InChI is InChI=1S/C14H29NO/c1-10(2)7-14(16)9-15-13-6-5-11(3)12(4)8-13/h10-16H,5-9H2,1-4H3. The molecule has 0 aromatic carbocycles. The highest BCUT2D eigenvalue weighted by Gasteiger charge is 2.24. The molecule has 0 radical (unpaired) electrons. The Labute approximate surface area is 101 Å². The van der Waals surface area contributed by atoms with Gasteiger partial charge in [0, 0.05) is 12.6 Å². The van der Waals surface area contributed by atoms with E-state index in [2.05, 4.69) is 33.0 Å². The van der Waals surface area contributed by atoms with Gasteiger partial charge in [0.25, 0.3) is 0 Å². The molecule has 1 fully saturated rings. The Morgan fingerprint density at radius 2 is 1.88 bits per heavy atom. The maximum atomic E-state index is 9.81. The van der Waals surface area contributed by atoms with Gasteiger partial charge in [0.1, 0.15) is 0 Å². The highest BCUT2D eigenvalue weighted by molar-refractivity contribution is 4.80. The van der Waals surface area contributed by atoms with Crippen molar-refractivity contribution in [3.63, 3.8) is 0 Å². The van der Waals surface area contributed by atoms with Crippen molar-refractivity contribution in [2.24, 2.45) is 17.8 Å². The largest absolute Gasteiger partial charge is 0.392 e. The van der Waals surface area contributed by atoms with Gasteiger partial charge in [-0.05, 0) is 43.4 Å². The van der Waals surface area contributed by atoms with Crippen molar-refractivity contribution in [1.29, 1.82) is 0 Å². The fourth-order valence-electron chi connectivity index (χ4n) is 2.66. The van der Waals surface area contributed by atoms with Gasteiger partial charge in [0.05, 0.1) is 6.10 Å². The second kappa shape index (κ2) is 6.61. The van der Waals surface area contributed by atoms with Crippen LogP contribution in [-0.4, -0.2) is 23.8 Å². The van der Waals surface area contributed by atoms with Crippen LogP contribution in [0.2, 0.25) is 0 Å². The van der Waals surface area contributed by atoms with Crippen molar-refractivity contribution in [3.8, 4) is 0 Å². The van der Waals surface area contributed by atoms with E-state index < -0.39 is 0 Å². The Morgan fingerprint density at radius 1 is 1.19 bits per heavy atom. The fraction of sp³-hybridized carbons (Fsp3) is 1.00. The zero-order valence-corrected chi connectivity index (χ0v) is 11.4.